The number of carbonyl (C=O) groups is 1. The zero-order valence-electron chi connectivity index (χ0n) is 10.1. The predicted molar refractivity (Wildman–Crippen MR) is 62.4 cm³/mol. The summed E-state index contributed by atoms with van der Waals surface area (Å²) in [5.74, 6) is -2.63. The fourth-order valence-corrected chi connectivity index (χ4v) is 1.20. The lowest BCUT2D eigenvalue weighted by Gasteiger charge is -2.25. The molecule has 5 heteroatoms. The quantitative estimate of drug-likeness (QED) is 0.835. The highest BCUT2D eigenvalue weighted by Crippen LogP contribution is 2.21. The molecule has 0 bridgehead atoms. The van der Waals surface area contributed by atoms with Gasteiger partial charge in [-0.05, 0) is 17.5 Å². The average molecular weight is 242 g/mol. The van der Waals surface area contributed by atoms with Gasteiger partial charge in [-0.2, -0.15) is 0 Å². The molecule has 3 nitrogen and oxygen atoms in total. The molecule has 0 saturated carbocycles. The Kier molecular flexibility index (Phi) is 3.83. The monoisotopic (exact) mass is 242 g/mol. The molecule has 1 rings (SSSR count). The van der Waals surface area contributed by atoms with Crippen LogP contribution in [0.4, 0.5) is 14.5 Å². The predicted octanol–water partition coefficient (Wildman–Crippen LogP) is 2.28. The van der Waals surface area contributed by atoms with Gasteiger partial charge in [-0.3, -0.25) is 4.79 Å². The van der Waals surface area contributed by atoms with Crippen LogP contribution in [0, 0.1) is 17.0 Å². The lowest BCUT2D eigenvalue weighted by Crippen LogP contribution is -2.45. The summed E-state index contributed by atoms with van der Waals surface area (Å²) < 4.78 is 26.2. The van der Waals surface area contributed by atoms with E-state index in [0.29, 0.717) is 0 Å². The Hall–Kier alpha value is -1.49. The average Bonchev–Trinajstić information content (AvgIpc) is 2.22. The molecule has 1 amide bonds. The molecule has 1 atom stereocenters. The van der Waals surface area contributed by atoms with Gasteiger partial charge in [0.25, 0.3) is 0 Å². The van der Waals surface area contributed by atoms with E-state index >= 15 is 0 Å². The molecule has 0 aliphatic carbocycles. The van der Waals surface area contributed by atoms with Gasteiger partial charge in [-0.25, -0.2) is 8.78 Å². The highest BCUT2D eigenvalue weighted by molar-refractivity contribution is 5.95. The van der Waals surface area contributed by atoms with Crippen molar-refractivity contribution in [2.45, 2.75) is 26.8 Å². The number of nitrogens with two attached hydrogens (primary N) is 1. The maximum absolute atomic E-state index is 13.3. The fourth-order valence-electron chi connectivity index (χ4n) is 1.20. The second kappa shape index (κ2) is 4.79. The van der Waals surface area contributed by atoms with Crippen molar-refractivity contribution in [3.05, 3.63) is 29.8 Å². The van der Waals surface area contributed by atoms with Gasteiger partial charge in [0, 0.05) is 0 Å². The van der Waals surface area contributed by atoms with Crippen LogP contribution in [0.5, 0.6) is 0 Å². The first-order valence-corrected chi connectivity index (χ1v) is 5.24. The Morgan fingerprint density at radius 3 is 2.47 bits per heavy atom. The van der Waals surface area contributed by atoms with Crippen LogP contribution < -0.4 is 11.1 Å². The summed E-state index contributed by atoms with van der Waals surface area (Å²) in [5, 5.41) is 2.28. The molecule has 0 aliphatic heterocycles. The molecule has 0 aromatic heterocycles. The highest BCUT2D eigenvalue weighted by Gasteiger charge is 2.28. The summed E-state index contributed by atoms with van der Waals surface area (Å²) in [6, 6.07) is 2.78. The zero-order valence-corrected chi connectivity index (χ0v) is 10.1. The van der Waals surface area contributed by atoms with Gasteiger partial charge in [0.05, 0.1) is 11.7 Å². The molecule has 0 aliphatic rings. The third kappa shape index (κ3) is 3.23. The van der Waals surface area contributed by atoms with E-state index in [9.17, 15) is 13.6 Å². The maximum atomic E-state index is 13.3. The Morgan fingerprint density at radius 1 is 1.35 bits per heavy atom. The van der Waals surface area contributed by atoms with Crippen LogP contribution in [0.15, 0.2) is 18.2 Å². The smallest absolute Gasteiger partial charge is 0.241 e. The van der Waals surface area contributed by atoms with Gasteiger partial charge in [0.1, 0.15) is 0 Å². The topological polar surface area (TPSA) is 55.1 Å². The number of halogens is 2. The van der Waals surface area contributed by atoms with Crippen molar-refractivity contribution in [1.29, 1.82) is 0 Å². The first kappa shape index (κ1) is 13.6. The summed E-state index contributed by atoms with van der Waals surface area (Å²) in [6.45, 7) is 5.37. The van der Waals surface area contributed by atoms with E-state index in [4.69, 9.17) is 5.73 Å². The van der Waals surface area contributed by atoms with Crippen LogP contribution in [0.1, 0.15) is 20.8 Å². The summed E-state index contributed by atoms with van der Waals surface area (Å²) in [5.41, 5.74) is 5.05. The van der Waals surface area contributed by atoms with Crippen molar-refractivity contribution >= 4 is 11.6 Å². The first-order valence-electron chi connectivity index (χ1n) is 5.24. The Bertz CT molecular complexity index is 427. The number of rotatable bonds is 2. The van der Waals surface area contributed by atoms with E-state index < -0.39 is 29.0 Å². The number of hydrogen-bond acceptors (Lipinski definition) is 2. The van der Waals surface area contributed by atoms with Crippen molar-refractivity contribution in [3.8, 4) is 0 Å². The van der Waals surface area contributed by atoms with Crippen LogP contribution in [0.25, 0.3) is 0 Å². The minimum atomic E-state index is -1.08. The molecular weight excluding hydrogens is 226 g/mol. The van der Waals surface area contributed by atoms with Crippen molar-refractivity contribution in [3.63, 3.8) is 0 Å². The molecule has 94 valence electrons. The van der Waals surface area contributed by atoms with Gasteiger partial charge in [-0.1, -0.05) is 26.8 Å². The molecule has 0 fully saturated rings. The third-order valence-electron chi connectivity index (χ3n) is 2.42. The molecule has 0 unspecified atom stereocenters. The van der Waals surface area contributed by atoms with E-state index in [1.54, 1.807) is 20.8 Å². The van der Waals surface area contributed by atoms with Gasteiger partial charge in [-0.15, -0.1) is 0 Å². The van der Waals surface area contributed by atoms with Crippen LogP contribution in [-0.4, -0.2) is 11.9 Å². The summed E-state index contributed by atoms with van der Waals surface area (Å²) in [6.07, 6.45) is 0. The van der Waals surface area contributed by atoms with Gasteiger partial charge in [0.15, 0.2) is 11.6 Å². The van der Waals surface area contributed by atoms with E-state index in [-0.39, 0.29) is 5.69 Å². The van der Waals surface area contributed by atoms with Crippen molar-refractivity contribution in [2.24, 2.45) is 11.1 Å². The lowest BCUT2D eigenvalue weighted by molar-refractivity contribution is -0.119. The lowest BCUT2D eigenvalue weighted by atomic mass is 9.87. The molecule has 1 aromatic carbocycles. The zero-order chi connectivity index (χ0) is 13.2. The van der Waals surface area contributed by atoms with Crippen molar-refractivity contribution in [1.82, 2.24) is 0 Å². The minimum absolute atomic E-state index is 0.199. The van der Waals surface area contributed by atoms with E-state index in [1.165, 1.54) is 12.1 Å². The Balaban J connectivity index is 2.86. The second-order valence-electron chi connectivity index (χ2n) is 4.93. The van der Waals surface area contributed by atoms with Crippen LogP contribution in [0.2, 0.25) is 0 Å². The molecule has 17 heavy (non-hydrogen) atoms. The van der Waals surface area contributed by atoms with E-state index in [1.807, 2.05) is 0 Å². The molecule has 0 spiro atoms. The molecule has 0 saturated heterocycles. The number of hydrogen-bond donors (Lipinski definition) is 2. The molecule has 0 radical (unpaired) electrons. The minimum Gasteiger partial charge on any atom is -0.322 e. The summed E-state index contributed by atoms with van der Waals surface area (Å²) >= 11 is 0. The van der Waals surface area contributed by atoms with Crippen LogP contribution in [-0.2, 0) is 4.79 Å². The first-order chi connectivity index (χ1) is 7.73. The van der Waals surface area contributed by atoms with Crippen molar-refractivity contribution in [2.75, 3.05) is 5.32 Å². The Morgan fingerprint density at radius 2 is 1.94 bits per heavy atom. The Labute approximate surface area is 99.0 Å². The fraction of sp³-hybridized carbons (Fsp3) is 0.417. The summed E-state index contributed by atoms with van der Waals surface area (Å²) in [7, 11) is 0. The third-order valence-corrected chi connectivity index (χ3v) is 2.42. The van der Waals surface area contributed by atoms with Gasteiger partial charge >= 0.3 is 0 Å². The van der Waals surface area contributed by atoms with Gasteiger partial charge in [0.2, 0.25) is 5.91 Å². The number of benzene rings is 1. The molecule has 1 aromatic rings. The normalized spacial score (nSPS) is 13.3. The molecular formula is C12H16F2N2O. The largest absolute Gasteiger partial charge is 0.322 e. The number of anilines is 1. The molecule has 3 N–H and O–H groups in total. The maximum Gasteiger partial charge on any atom is 0.241 e. The summed E-state index contributed by atoms with van der Waals surface area (Å²) in [4.78, 5) is 11.7. The van der Waals surface area contributed by atoms with E-state index in [0.717, 1.165) is 6.07 Å². The number of nitrogens with one attached hydrogen (secondary N) is 1. The number of amides is 1. The standard InChI is InChI=1S/C12H16F2N2O/c1-12(2,3)10(15)11(17)16-8-6-4-5-7(13)9(8)14/h4-6,10H,15H2,1-3H3,(H,16,17)/t10-/m0/s1. The van der Waals surface area contributed by atoms with Crippen molar-refractivity contribution < 1.29 is 13.6 Å². The van der Waals surface area contributed by atoms with Gasteiger partial charge < -0.3 is 11.1 Å². The number of carbonyl (C=O) groups excluding carboxylic acids is 1. The highest BCUT2D eigenvalue weighted by atomic mass is 19.2. The second-order valence-corrected chi connectivity index (χ2v) is 4.93. The van der Waals surface area contributed by atoms with Crippen LogP contribution >= 0.6 is 0 Å². The van der Waals surface area contributed by atoms with Crippen LogP contribution in [0.3, 0.4) is 0 Å². The van der Waals surface area contributed by atoms with E-state index in [2.05, 4.69) is 5.32 Å². The molecule has 0 heterocycles. The SMILES string of the molecule is CC(C)(C)[C@@H](N)C(=O)Nc1cccc(F)c1F.